The van der Waals surface area contributed by atoms with Gasteiger partial charge in [-0.15, -0.1) is 0 Å². The van der Waals surface area contributed by atoms with E-state index in [1.54, 1.807) is 13.8 Å². The maximum Gasteiger partial charge on any atom is 0.244 e. The molecular formula is C17H28N2O4S. The van der Waals surface area contributed by atoms with Crippen LogP contribution < -0.4 is 5.73 Å². The van der Waals surface area contributed by atoms with Crippen LogP contribution in [-0.2, 0) is 25.0 Å². The minimum absolute atomic E-state index is 0.0711. The molecule has 0 saturated carbocycles. The van der Waals surface area contributed by atoms with Crippen LogP contribution in [0.1, 0.15) is 37.5 Å². The smallest absolute Gasteiger partial charge is 0.244 e. The van der Waals surface area contributed by atoms with Crippen LogP contribution in [0.2, 0.25) is 0 Å². The lowest BCUT2D eigenvalue weighted by molar-refractivity contribution is -0.118. The summed E-state index contributed by atoms with van der Waals surface area (Å²) >= 11 is 0. The molecule has 136 valence electrons. The van der Waals surface area contributed by atoms with Crippen molar-refractivity contribution in [1.82, 2.24) is 4.31 Å². The van der Waals surface area contributed by atoms with Gasteiger partial charge in [-0.3, -0.25) is 4.79 Å². The number of sulfonamides is 1. The van der Waals surface area contributed by atoms with E-state index in [1.165, 1.54) is 7.11 Å². The zero-order chi connectivity index (χ0) is 18.7. The zero-order valence-corrected chi connectivity index (χ0v) is 16.2. The van der Waals surface area contributed by atoms with E-state index in [1.807, 2.05) is 12.1 Å². The number of aryl methyl sites for hydroxylation is 2. The molecule has 0 aliphatic rings. The highest BCUT2D eigenvalue weighted by Gasteiger charge is 2.30. The Hall–Kier alpha value is -1.44. The van der Waals surface area contributed by atoms with Crippen molar-refractivity contribution in [3.05, 3.63) is 28.8 Å². The molecule has 24 heavy (non-hydrogen) atoms. The summed E-state index contributed by atoms with van der Waals surface area (Å²) in [7, 11) is -2.36. The second-order valence-corrected chi connectivity index (χ2v) is 8.86. The van der Waals surface area contributed by atoms with E-state index in [-0.39, 0.29) is 30.0 Å². The molecule has 0 unspecified atom stereocenters. The van der Waals surface area contributed by atoms with E-state index in [4.69, 9.17) is 10.5 Å². The maximum absolute atomic E-state index is 13.0. The van der Waals surface area contributed by atoms with Gasteiger partial charge < -0.3 is 10.5 Å². The molecular weight excluding hydrogens is 328 g/mol. The van der Waals surface area contributed by atoms with E-state index in [0.717, 1.165) is 9.87 Å². The van der Waals surface area contributed by atoms with Gasteiger partial charge in [0.25, 0.3) is 0 Å². The van der Waals surface area contributed by atoms with Gasteiger partial charge in [0.05, 0.1) is 18.0 Å². The van der Waals surface area contributed by atoms with Crippen molar-refractivity contribution < 1.29 is 17.9 Å². The number of carbonyl (C=O) groups excluding carboxylic acids is 1. The molecule has 0 spiro atoms. The highest BCUT2D eigenvalue weighted by Crippen LogP contribution is 2.30. The Morgan fingerprint density at radius 2 is 1.71 bits per heavy atom. The number of nitrogens with zero attached hydrogens (tertiary/aromatic N) is 1. The fourth-order valence-electron chi connectivity index (χ4n) is 2.57. The third-order valence-electron chi connectivity index (χ3n) is 3.80. The molecule has 0 aromatic heterocycles. The van der Waals surface area contributed by atoms with Crippen molar-refractivity contribution in [3.8, 4) is 0 Å². The first-order valence-corrected chi connectivity index (χ1v) is 9.24. The van der Waals surface area contributed by atoms with Crippen LogP contribution in [0.25, 0.3) is 0 Å². The summed E-state index contributed by atoms with van der Waals surface area (Å²) in [6, 6.07) is 3.78. The first kappa shape index (κ1) is 20.6. The Morgan fingerprint density at radius 1 is 1.21 bits per heavy atom. The Bertz CT molecular complexity index is 683. The normalized spacial score (nSPS) is 12.6. The van der Waals surface area contributed by atoms with Crippen LogP contribution in [0, 0.1) is 13.8 Å². The number of hydrogen-bond acceptors (Lipinski definition) is 4. The van der Waals surface area contributed by atoms with Gasteiger partial charge in [-0.05, 0) is 36.0 Å². The third-order valence-corrected chi connectivity index (χ3v) is 5.95. The molecule has 0 atom stereocenters. The monoisotopic (exact) mass is 356 g/mol. The topological polar surface area (TPSA) is 89.7 Å². The SMILES string of the molecule is COCCN(CC(N)=O)S(=O)(=O)c1c(C)cc(C(C)(C)C)cc1C. The molecule has 0 aliphatic heterocycles. The van der Waals surface area contributed by atoms with Crippen LogP contribution in [0.15, 0.2) is 17.0 Å². The molecule has 7 heteroatoms. The summed E-state index contributed by atoms with van der Waals surface area (Å²) in [4.78, 5) is 11.5. The van der Waals surface area contributed by atoms with Gasteiger partial charge in [0.15, 0.2) is 0 Å². The van der Waals surface area contributed by atoms with E-state index in [2.05, 4.69) is 20.8 Å². The van der Waals surface area contributed by atoms with Gasteiger partial charge in [-0.25, -0.2) is 8.42 Å². The number of amides is 1. The van der Waals surface area contributed by atoms with Crippen molar-refractivity contribution in [2.45, 2.75) is 44.9 Å². The van der Waals surface area contributed by atoms with E-state index >= 15 is 0 Å². The average Bonchev–Trinajstić information content (AvgIpc) is 2.40. The van der Waals surface area contributed by atoms with Gasteiger partial charge in [-0.1, -0.05) is 32.9 Å². The fourth-order valence-corrected chi connectivity index (χ4v) is 4.37. The van der Waals surface area contributed by atoms with Crippen molar-refractivity contribution in [2.24, 2.45) is 5.73 Å². The van der Waals surface area contributed by atoms with E-state index in [9.17, 15) is 13.2 Å². The van der Waals surface area contributed by atoms with Crippen molar-refractivity contribution in [2.75, 3.05) is 26.8 Å². The lowest BCUT2D eigenvalue weighted by atomic mass is 9.85. The predicted octanol–water partition coefficient (Wildman–Crippen LogP) is 1.72. The maximum atomic E-state index is 13.0. The summed E-state index contributed by atoms with van der Waals surface area (Å²) in [5.74, 6) is -0.698. The number of hydrogen-bond donors (Lipinski definition) is 1. The lowest BCUT2D eigenvalue weighted by Gasteiger charge is -2.25. The van der Waals surface area contributed by atoms with Crippen molar-refractivity contribution in [1.29, 1.82) is 0 Å². The summed E-state index contributed by atoms with van der Waals surface area (Å²) in [6.45, 7) is 9.66. The minimum Gasteiger partial charge on any atom is -0.383 e. The summed E-state index contributed by atoms with van der Waals surface area (Å²) in [6.07, 6.45) is 0. The quantitative estimate of drug-likeness (QED) is 0.805. The predicted molar refractivity (Wildman–Crippen MR) is 94.4 cm³/mol. The molecule has 0 aliphatic carbocycles. The number of methoxy groups -OCH3 is 1. The van der Waals surface area contributed by atoms with Gasteiger partial charge in [-0.2, -0.15) is 4.31 Å². The molecule has 1 aromatic rings. The molecule has 0 fully saturated rings. The Kier molecular flexibility index (Phi) is 6.55. The second-order valence-electron chi connectivity index (χ2n) is 6.99. The molecule has 1 amide bonds. The molecule has 1 rings (SSSR count). The van der Waals surface area contributed by atoms with E-state index in [0.29, 0.717) is 11.1 Å². The van der Waals surface area contributed by atoms with Gasteiger partial charge >= 0.3 is 0 Å². The van der Waals surface area contributed by atoms with Crippen LogP contribution >= 0.6 is 0 Å². The number of primary amides is 1. The minimum atomic E-state index is -3.84. The highest BCUT2D eigenvalue weighted by molar-refractivity contribution is 7.89. The van der Waals surface area contributed by atoms with Crippen LogP contribution in [-0.4, -0.2) is 45.4 Å². The number of ether oxygens (including phenoxy) is 1. The molecule has 2 N–H and O–H groups in total. The second kappa shape index (κ2) is 7.63. The number of nitrogens with two attached hydrogens (primary N) is 1. The summed E-state index contributed by atoms with van der Waals surface area (Å²) in [5.41, 5.74) is 7.51. The van der Waals surface area contributed by atoms with Crippen LogP contribution in [0.3, 0.4) is 0 Å². The standard InChI is InChI=1S/C17H28N2O4S/c1-12-9-14(17(3,4)5)10-13(2)16(12)24(21,22)19(7-8-23-6)11-15(18)20/h9-10H,7-8,11H2,1-6H3,(H2,18,20). The number of rotatable bonds is 7. The van der Waals surface area contributed by atoms with Crippen molar-refractivity contribution in [3.63, 3.8) is 0 Å². The first-order valence-electron chi connectivity index (χ1n) is 7.80. The van der Waals surface area contributed by atoms with Crippen LogP contribution in [0.4, 0.5) is 0 Å². The van der Waals surface area contributed by atoms with Gasteiger partial charge in [0.2, 0.25) is 15.9 Å². The molecule has 6 nitrogen and oxygen atoms in total. The highest BCUT2D eigenvalue weighted by atomic mass is 32.2. The molecule has 0 heterocycles. The van der Waals surface area contributed by atoms with E-state index < -0.39 is 15.9 Å². The Labute approximate surface area is 145 Å². The fraction of sp³-hybridized carbons (Fsp3) is 0.588. The molecule has 0 bridgehead atoms. The molecule has 0 radical (unpaired) electrons. The Morgan fingerprint density at radius 3 is 2.08 bits per heavy atom. The first-order chi connectivity index (χ1) is 10.9. The van der Waals surface area contributed by atoms with Crippen LogP contribution in [0.5, 0.6) is 0 Å². The average molecular weight is 356 g/mol. The number of carbonyl (C=O) groups is 1. The lowest BCUT2D eigenvalue weighted by Crippen LogP contribution is -2.40. The number of benzene rings is 1. The Balaban J connectivity index is 3.42. The largest absolute Gasteiger partial charge is 0.383 e. The van der Waals surface area contributed by atoms with Gasteiger partial charge in [0, 0.05) is 13.7 Å². The molecule has 0 saturated heterocycles. The summed E-state index contributed by atoms with van der Waals surface area (Å²) < 4.78 is 32.1. The van der Waals surface area contributed by atoms with Crippen molar-refractivity contribution >= 4 is 15.9 Å². The summed E-state index contributed by atoms with van der Waals surface area (Å²) in [5, 5.41) is 0. The van der Waals surface area contributed by atoms with Gasteiger partial charge in [0.1, 0.15) is 0 Å². The zero-order valence-electron chi connectivity index (χ0n) is 15.3. The molecule has 1 aromatic carbocycles. The third kappa shape index (κ3) is 4.78.